The van der Waals surface area contributed by atoms with Crippen LogP contribution in [0.5, 0.6) is 5.75 Å². The summed E-state index contributed by atoms with van der Waals surface area (Å²) in [6.45, 7) is 3.88. The Balaban J connectivity index is 1.37. The monoisotopic (exact) mass is 450 g/mol. The molecule has 8 nitrogen and oxygen atoms in total. The Morgan fingerprint density at radius 1 is 1.06 bits per heavy atom. The van der Waals surface area contributed by atoms with Gasteiger partial charge >= 0.3 is 0 Å². The zero-order valence-corrected chi connectivity index (χ0v) is 18.6. The average molecular weight is 451 g/mol. The number of phenols is 1. The molecule has 3 aromatic carbocycles. The Hall–Kier alpha value is -4.72. The molecule has 0 unspecified atom stereocenters. The van der Waals surface area contributed by atoms with Crippen LogP contribution in [0.1, 0.15) is 27.4 Å². The maximum absolute atomic E-state index is 12.6. The molecular formula is C26H22N6O2. The molecule has 0 aliphatic rings. The summed E-state index contributed by atoms with van der Waals surface area (Å²) in [5.41, 5.74) is 7.46. The van der Waals surface area contributed by atoms with Crippen LogP contribution in [0.15, 0.2) is 77.9 Å². The molecule has 5 aromatic rings. The van der Waals surface area contributed by atoms with Crippen molar-refractivity contribution in [3.05, 3.63) is 95.4 Å². The molecule has 8 heteroatoms. The number of benzene rings is 3. The van der Waals surface area contributed by atoms with Gasteiger partial charge in [0.1, 0.15) is 11.4 Å². The lowest BCUT2D eigenvalue weighted by molar-refractivity contribution is 0.0950. The molecule has 3 N–H and O–H groups in total. The van der Waals surface area contributed by atoms with Crippen molar-refractivity contribution in [2.24, 2.45) is 5.10 Å². The van der Waals surface area contributed by atoms with Gasteiger partial charge in [-0.2, -0.15) is 15.3 Å². The van der Waals surface area contributed by atoms with Gasteiger partial charge in [-0.15, -0.1) is 0 Å². The quantitative estimate of drug-likeness (QED) is 0.271. The number of hydrogen-bond donors (Lipinski definition) is 3. The zero-order valence-electron chi connectivity index (χ0n) is 18.6. The van der Waals surface area contributed by atoms with E-state index < -0.39 is 5.91 Å². The summed E-state index contributed by atoms with van der Waals surface area (Å²) in [6, 6.07) is 22.6. The number of fused-ring (bicyclic) bond motifs is 1. The lowest BCUT2D eigenvalue weighted by Crippen LogP contribution is -2.18. The van der Waals surface area contributed by atoms with E-state index in [0.29, 0.717) is 11.3 Å². The van der Waals surface area contributed by atoms with Crippen molar-refractivity contribution in [3.8, 4) is 22.7 Å². The van der Waals surface area contributed by atoms with Gasteiger partial charge in [0.15, 0.2) is 0 Å². The first-order valence-electron chi connectivity index (χ1n) is 10.7. The number of hydrogen-bond acceptors (Lipinski definition) is 5. The Labute approximate surface area is 195 Å². The minimum Gasteiger partial charge on any atom is -0.507 e. The van der Waals surface area contributed by atoms with E-state index in [9.17, 15) is 9.90 Å². The van der Waals surface area contributed by atoms with Gasteiger partial charge in [-0.25, -0.2) is 10.1 Å². The fraction of sp³-hybridized carbons (Fsp3) is 0.0769. The molecule has 2 aromatic heterocycles. The number of carbonyl (C=O) groups is 1. The fourth-order valence-electron chi connectivity index (χ4n) is 4.04. The molecule has 168 valence electrons. The van der Waals surface area contributed by atoms with Crippen LogP contribution in [0.4, 0.5) is 0 Å². The number of carbonyl (C=O) groups excluding carboxylic acids is 1. The number of H-pyrrole nitrogens is 1. The summed E-state index contributed by atoms with van der Waals surface area (Å²) in [5.74, 6) is -0.359. The Kier molecular flexibility index (Phi) is 5.39. The van der Waals surface area contributed by atoms with Crippen LogP contribution in [0, 0.1) is 13.8 Å². The molecule has 2 heterocycles. The first-order valence-corrected chi connectivity index (χ1v) is 10.7. The summed E-state index contributed by atoms with van der Waals surface area (Å²) in [7, 11) is 0. The second kappa shape index (κ2) is 8.67. The lowest BCUT2D eigenvalue weighted by Gasteiger charge is -2.04. The number of aromatic nitrogens is 4. The summed E-state index contributed by atoms with van der Waals surface area (Å²) < 4.78 is 1.86. The highest BCUT2D eigenvalue weighted by molar-refractivity contribution is 6.03. The first kappa shape index (κ1) is 21.1. The summed E-state index contributed by atoms with van der Waals surface area (Å²) in [4.78, 5) is 12.6. The lowest BCUT2D eigenvalue weighted by atomic mass is 10.0. The van der Waals surface area contributed by atoms with E-state index in [4.69, 9.17) is 0 Å². The van der Waals surface area contributed by atoms with Gasteiger partial charge < -0.3 is 5.11 Å². The second-order valence-electron chi connectivity index (χ2n) is 7.88. The number of para-hydroxylation sites is 1. The van der Waals surface area contributed by atoms with Crippen molar-refractivity contribution in [2.75, 3.05) is 0 Å². The highest BCUT2D eigenvalue weighted by Gasteiger charge is 2.19. The van der Waals surface area contributed by atoms with E-state index in [1.54, 1.807) is 12.1 Å². The highest BCUT2D eigenvalue weighted by Crippen LogP contribution is 2.28. The number of amides is 1. The Bertz CT molecular complexity index is 1530. The molecule has 1 amide bonds. The summed E-state index contributed by atoms with van der Waals surface area (Å²) in [5, 5.41) is 27.8. The molecule has 0 atom stereocenters. The van der Waals surface area contributed by atoms with Gasteiger partial charge in [-0.1, -0.05) is 48.5 Å². The molecule has 0 radical (unpaired) electrons. The van der Waals surface area contributed by atoms with Crippen LogP contribution in [0.25, 0.3) is 27.7 Å². The summed E-state index contributed by atoms with van der Waals surface area (Å²) in [6.07, 6.45) is 1.44. The molecule has 0 aliphatic carbocycles. The van der Waals surface area contributed by atoms with E-state index in [1.807, 2.05) is 79.2 Å². The van der Waals surface area contributed by atoms with Crippen LogP contribution in [0.2, 0.25) is 0 Å². The fourth-order valence-corrected chi connectivity index (χ4v) is 4.04. The molecule has 0 fully saturated rings. The van der Waals surface area contributed by atoms with E-state index in [1.165, 1.54) is 6.21 Å². The molecule has 0 spiro atoms. The van der Waals surface area contributed by atoms with Crippen LogP contribution < -0.4 is 5.43 Å². The van der Waals surface area contributed by atoms with Crippen molar-refractivity contribution in [3.63, 3.8) is 0 Å². The Morgan fingerprint density at radius 2 is 1.82 bits per heavy atom. The number of nitrogens with zero attached hydrogens (tertiary/aromatic N) is 4. The van der Waals surface area contributed by atoms with Crippen molar-refractivity contribution in [1.29, 1.82) is 0 Å². The minimum absolute atomic E-state index is 0.0851. The summed E-state index contributed by atoms with van der Waals surface area (Å²) >= 11 is 0. The number of aromatic amines is 1. The normalized spacial score (nSPS) is 11.4. The van der Waals surface area contributed by atoms with Crippen molar-refractivity contribution < 1.29 is 9.90 Å². The number of rotatable bonds is 5. The van der Waals surface area contributed by atoms with E-state index >= 15 is 0 Å². The molecule has 5 rings (SSSR count). The third-order valence-electron chi connectivity index (χ3n) is 5.68. The number of hydrazone groups is 1. The molecule has 34 heavy (non-hydrogen) atoms. The van der Waals surface area contributed by atoms with Crippen LogP contribution in [0.3, 0.4) is 0 Å². The van der Waals surface area contributed by atoms with Gasteiger partial charge in [0.25, 0.3) is 5.91 Å². The third kappa shape index (κ3) is 3.81. The van der Waals surface area contributed by atoms with Gasteiger partial charge in [-0.05, 0) is 48.9 Å². The third-order valence-corrected chi connectivity index (χ3v) is 5.68. The van der Waals surface area contributed by atoms with Gasteiger partial charge in [-0.3, -0.25) is 9.89 Å². The predicted molar refractivity (Wildman–Crippen MR) is 131 cm³/mol. The van der Waals surface area contributed by atoms with E-state index in [0.717, 1.165) is 33.4 Å². The maximum atomic E-state index is 12.6. The number of phenolic OH excluding ortho intramolecular Hbond substituents is 1. The zero-order chi connectivity index (χ0) is 23.7. The standard InChI is InChI=1S/C26H22N6O2/c1-16-25(17(2)32(31-16)19-9-4-3-5-10-19)22-14-23(29-28-22)26(34)30-27-15-21-20-11-7-6-8-18(20)12-13-24(21)33/h3-15,33H,1-2H3,(H,28,29)(H,30,34). The second-order valence-corrected chi connectivity index (χ2v) is 7.88. The molecule has 0 bridgehead atoms. The van der Waals surface area contributed by atoms with Crippen LogP contribution in [-0.2, 0) is 0 Å². The Morgan fingerprint density at radius 3 is 2.65 bits per heavy atom. The predicted octanol–water partition coefficient (Wildman–Crippen LogP) is 4.50. The topological polar surface area (TPSA) is 108 Å². The van der Waals surface area contributed by atoms with E-state index in [2.05, 4.69) is 25.8 Å². The van der Waals surface area contributed by atoms with Crippen LogP contribution >= 0.6 is 0 Å². The number of nitrogens with one attached hydrogen (secondary N) is 2. The molecular weight excluding hydrogens is 428 g/mol. The highest BCUT2D eigenvalue weighted by atomic mass is 16.3. The van der Waals surface area contributed by atoms with Crippen molar-refractivity contribution in [2.45, 2.75) is 13.8 Å². The van der Waals surface area contributed by atoms with Crippen molar-refractivity contribution in [1.82, 2.24) is 25.4 Å². The largest absolute Gasteiger partial charge is 0.507 e. The number of aromatic hydroxyl groups is 1. The van der Waals surface area contributed by atoms with Crippen molar-refractivity contribution >= 4 is 22.9 Å². The number of aryl methyl sites for hydroxylation is 1. The molecule has 0 aliphatic heterocycles. The smallest absolute Gasteiger partial charge is 0.289 e. The minimum atomic E-state index is -0.444. The van der Waals surface area contributed by atoms with Gasteiger partial charge in [0.05, 0.1) is 29.0 Å². The van der Waals surface area contributed by atoms with E-state index in [-0.39, 0.29) is 11.4 Å². The maximum Gasteiger partial charge on any atom is 0.289 e. The molecule has 0 saturated heterocycles. The van der Waals surface area contributed by atoms with Crippen LogP contribution in [-0.4, -0.2) is 37.2 Å². The average Bonchev–Trinajstić information content (AvgIpc) is 3.45. The first-order chi connectivity index (χ1) is 16.5. The SMILES string of the molecule is Cc1nn(-c2ccccc2)c(C)c1-c1cc(C(=O)NN=Cc2c(O)ccc3ccccc23)[nH]n1. The van der Waals surface area contributed by atoms with Gasteiger partial charge in [0, 0.05) is 11.1 Å². The van der Waals surface area contributed by atoms with Gasteiger partial charge in [0.2, 0.25) is 0 Å². The molecule has 0 saturated carbocycles.